The second kappa shape index (κ2) is 20.2. The first-order chi connectivity index (χ1) is 22.1. The molecule has 1 aromatic carbocycles. The largest absolute Gasteiger partial charge is 0.508 e. The lowest BCUT2D eigenvalue weighted by atomic mass is 9.96. The molecule has 0 bridgehead atoms. The van der Waals surface area contributed by atoms with Crippen molar-refractivity contribution in [1.82, 2.24) is 21.3 Å². The van der Waals surface area contributed by atoms with Crippen LogP contribution in [-0.2, 0) is 35.2 Å². The summed E-state index contributed by atoms with van der Waals surface area (Å²) in [4.78, 5) is 79.0. The number of rotatable bonds is 21. The molecule has 47 heavy (non-hydrogen) atoms. The van der Waals surface area contributed by atoms with Gasteiger partial charge in [0.2, 0.25) is 23.6 Å². The van der Waals surface area contributed by atoms with Crippen LogP contribution in [-0.4, -0.2) is 105 Å². The fourth-order valence-corrected chi connectivity index (χ4v) is 4.24. The summed E-state index contributed by atoms with van der Waals surface area (Å²) in [6.07, 6.45) is -0.373. The lowest BCUT2D eigenvalue weighted by Crippen LogP contribution is -2.60. The maximum atomic E-state index is 13.4. The molecule has 0 aromatic heterocycles. The monoisotopic (exact) mass is 666 g/mol. The van der Waals surface area contributed by atoms with Crippen LogP contribution in [0.15, 0.2) is 29.3 Å². The third kappa shape index (κ3) is 14.8. The molecule has 0 aliphatic rings. The minimum absolute atomic E-state index is 0.0353. The number of nitrogens with one attached hydrogen (secondary N) is 4. The number of hydrogen-bond donors (Lipinski definition) is 11. The predicted octanol–water partition coefficient (Wildman–Crippen LogP) is -2.76. The van der Waals surface area contributed by atoms with Crippen molar-refractivity contribution in [2.24, 2.45) is 28.1 Å². The van der Waals surface area contributed by atoms with Gasteiger partial charge in [0.15, 0.2) is 5.96 Å². The molecule has 18 nitrogen and oxygen atoms in total. The number of phenolic OH excluding ortho intramolecular Hbond substituents is 1. The Labute approximate surface area is 271 Å². The Morgan fingerprint density at radius 1 is 0.830 bits per heavy atom. The number of carboxylic acids is 2. The van der Waals surface area contributed by atoms with E-state index in [1.807, 2.05) is 0 Å². The summed E-state index contributed by atoms with van der Waals surface area (Å²) in [5.41, 5.74) is 17.2. The number of hydrogen-bond acceptors (Lipinski definition) is 10. The minimum atomic E-state index is -1.66. The molecule has 0 fully saturated rings. The number of phenols is 1. The molecule has 1 aromatic rings. The van der Waals surface area contributed by atoms with Gasteiger partial charge in [-0.1, -0.05) is 32.4 Å². The third-order valence-electron chi connectivity index (χ3n) is 7.18. The molecule has 4 amide bonds. The van der Waals surface area contributed by atoms with E-state index < -0.39 is 91.1 Å². The molecule has 0 unspecified atom stereocenters. The van der Waals surface area contributed by atoms with Crippen LogP contribution >= 0.6 is 0 Å². The molecule has 6 atom stereocenters. The molecule has 0 saturated carbocycles. The van der Waals surface area contributed by atoms with Crippen molar-refractivity contribution >= 4 is 41.5 Å². The maximum Gasteiger partial charge on any atom is 0.326 e. The SMILES string of the molecule is CC[C@H](C)[C@H](NC(=O)[C@@H](N)Cc1ccc(O)cc1)C(=O)N[C@@H](CCC(=O)O)C(=O)N[C@@H](CO)C(=O)N[C@@H](CCCN=C(N)N)C(=O)O. The lowest BCUT2D eigenvalue weighted by molar-refractivity contribution is -0.142. The molecular formula is C29H46N8O10. The highest BCUT2D eigenvalue weighted by molar-refractivity contribution is 5.95. The van der Waals surface area contributed by atoms with Gasteiger partial charge in [-0.2, -0.15) is 0 Å². The Kier molecular flexibility index (Phi) is 17.2. The van der Waals surface area contributed by atoms with Gasteiger partial charge in [-0.25, -0.2) is 4.79 Å². The highest BCUT2D eigenvalue weighted by Crippen LogP contribution is 2.13. The number of guanidine groups is 1. The molecule has 262 valence electrons. The minimum Gasteiger partial charge on any atom is -0.508 e. The number of amides is 4. The molecular weight excluding hydrogens is 620 g/mol. The summed E-state index contributed by atoms with van der Waals surface area (Å²) in [5.74, 6) is -6.88. The number of benzene rings is 1. The van der Waals surface area contributed by atoms with Crippen LogP contribution in [0.1, 0.15) is 51.5 Å². The molecule has 0 saturated heterocycles. The van der Waals surface area contributed by atoms with E-state index in [-0.39, 0.29) is 37.5 Å². The van der Waals surface area contributed by atoms with Crippen LogP contribution in [0.3, 0.4) is 0 Å². The number of aliphatic hydroxyl groups excluding tert-OH is 1. The zero-order valence-corrected chi connectivity index (χ0v) is 26.3. The summed E-state index contributed by atoms with van der Waals surface area (Å²) < 4.78 is 0. The molecule has 0 aliphatic heterocycles. The smallest absolute Gasteiger partial charge is 0.326 e. The second-order valence-electron chi connectivity index (χ2n) is 10.9. The van der Waals surface area contributed by atoms with Crippen LogP contribution in [0.2, 0.25) is 0 Å². The molecule has 1 rings (SSSR count). The van der Waals surface area contributed by atoms with Crippen LogP contribution < -0.4 is 38.5 Å². The van der Waals surface area contributed by atoms with E-state index in [2.05, 4.69) is 26.3 Å². The Morgan fingerprint density at radius 2 is 1.40 bits per heavy atom. The second-order valence-corrected chi connectivity index (χ2v) is 10.9. The van der Waals surface area contributed by atoms with Crippen molar-refractivity contribution in [3.05, 3.63) is 29.8 Å². The Balaban J connectivity index is 3.04. The zero-order valence-electron chi connectivity index (χ0n) is 26.3. The Bertz CT molecular complexity index is 1260. The van der Waals surface area contributed by atoms with E-state index in [1.165, 1.54) is 12.1 Å². The number of nitrogens with zero attached hydrogens (tertiary/aromatic N) is 1. The van der Waals surface area contributed by atoms with E-state index in [0.717, 1.165) is 0 Å². The van der Waals surface area contributed by atoms with Crippen LogP contribution in [0.5, 0.6) is 5.75 Å². The van der Waals surface area contributed by atoms with Gasteiger partial charge in [-0.15, -0.1) is 0 Å². The third-order valence-corrected chi connectivity index (χ3v) is 7.18. The van der Waals surface area contributed by atoms with E-state index >= 15 is 0 Å². The van der Waals surface area contributed by atoms with Gasteiger partial charge in [-0.05, 0) is 49.3 Å². The topological polar surface area (TPSA) is 322 Å². The highest BCUT2D eigenvalue weighted by Gasteiger charge is 2.33. The fourth-order valence-electron chi connectivity index (χ4n) is 4.24. The van der Waals surface area contributed by atoms with Gasteiger partial charge < -0.3 is 58.9 Å². The van der Waals surface area contributed by atoms with Crippen molar-refractivity contribution in [1.29, 1.82) is 0 Å². The number of aromatic hydroxyl groups is 1. The van der Waals surface area contributed by atoms with Crippen LogP contribution in [0.4, 0.5) is 0 Å². The van der Waals surface area contributed by atoms with Crippen LogP contribution in [0.25, 0.3) is 0 Å². The predicted molar refractivity (Wildman–Crippen MR) is 168 cm³/mol. The average molecular weight is 667 g/mol. The summed E-state index contributed by atoms with van der Waals surface area (Å²) >= 11 is 0. The summed E-state index contributed by atoms with van der Waals surface area (Å²) in [6, 6.07) is -0.813. The fraction of sp³-hybridized carbons (Fsp3) is 0.552. The molecule has 0 radical (unpaired) electrons. The van der Waals surface area contributed by atoms with Gasteiger partial charge in [0.05, 0.1) is 12.6 Å². The Hall–Kier alpha value is -4.97. The lowest BCUT2D eigenvalue weighted by Gasteiger charge is -2.28. The molecule has 0 aliphatic carbocycles. The van der Waals surface area contributed by atoms with Crippen molar-refractivity contribution in [2.75, 3.05) is 13.2 Å². The summed E-state index contributed by atoms with van der Waals surface area (Å²) in [5, 5.41) is 47.4. The first-order valence-corrected chi connectivity index (χ1v) is 14.9. The van der Waals surface area contributed by atoms with Crippen LogP contribution in [0, 0.1) is 5.92 Å². The van der Waals surface area contributed by atoms with Crippen molar-refractivity contribution in [2.45, 2.75) is 82.6 Å². The van der Waals surface area contributed by atoms with Gasteiger partial charge in [0, 0.05) is 13.0 Å². The number of carboxylic acid groups (broad SMARTS) is 2. The first-order valence-electron chi connectivity index (χ1n) is 14.9. The van der Waals surface area contributed by atoms with E-state index in [0.29, 0.717) is 12.0 Å². The van der Waals surface area contributed by atoms with Crippen molar-refractivity contribution in [3.63, 3.8) is 0 Å². The van der Waals surface area contributed by atoms with Gasteiger partial charge in [0.25, 0.3) is 0 Å². The number of aliphatic hydroxyl groups is 1. The van der Waals surface area contributed by atoms with Crippen molar-refractivity contribution < 1.29 is 49.2 Å². The standard InChI is InChI=1S/C29H46N8O10/c1-3-15(2)23(37-24(42)18(30)13-16-6-8-17(39)9-7-16)27(45)34-19(10-11-22(40)41)25(43)36-21(14-38)26(44)35-20(28(46)47)5-4-12-33-29(31)32/h6-9,15,18-21,23,38-39H,3-5,10-14,30H2,1-2H3,(H,34,45)(H,35,44)(H,36,43)(H,37,42)(H,40,41)(H,46,47)(H4,31,32,33)/t15-,18-,19-,20-,21-,23-/m0/s1. The molecule has 14 N–H and O–H groups in total. The number of aliphatic carboxylic acids is 2. The normalized spacial score (nSPS) is 14.6. The molecule has 0 spiro atoms. The van der Waals surface area contributed by atoms with Crippen molar-refractivity contribution in [3.8, 4) is 5.75 Å². The van der Waals surface area contributed by atoms with E-state index in [1.54, 1.807) is 26.0 Å². The van der Waals surface area contributed by atoms with Gasteiger partial charge in [0.1, 0.15) is 29.9 Å². The van der Waals surface area contributed by atoms with E-state index in [4.69, 9.17) is 17.2 Å². The maximum absolute atomic E-state index is 13.4. The average Bonchev–Trinajstić information content (AvgIpc) is 3.01. The summed E-state index contributed by atoms with van der Waals surface area (Å²) in [6.45, 7) is 2.57. The van der Waals surface area contributed by atoms with E-state index in [9.17, 15) is 49.2 Å². The highest BCUT2D eigenvalue weighted by atomic mass is 16.4. The summed E-state index contributed by atoms with van der Waals surface area (Å²) in [7, 11) is 0. The zero-order chi connectivity index (χ0) is 35.7. The quantitative estimate of drug-likeness (QED) is 0.0360. The number of nitrogens with two attached hydrogens (primary N) is 3. The van der Waals surface area contributed by atoms with Gasteiger partial charge in [-0.3, -0.25) is 29.0 Å². The number of carbonyl (C=O) groups is 6. The first kappa shape index (κ1) is 40.1. The van der Waals surface area contributed by atoms with Gasteiger partial charge >= 0.3 is 11.9 Å². The molecule has 0 heterocycles. The number of carbonyl (C=O) groups excluding carboxylic acids is 4. The number of aliphatic imine (C=N–C) groups is 1. The molecule has 18 heteroatoms. The Morgan fingerprint density at radius 3 is 1.94 bits per heavy atom.